The number of rotatable bonds is 3. The summed E-state index contributed by atoms with van der Waals surface area (Å²) in [6.07, 6.45) is 1.81. The molecule has 0 fully saturated rings. The average Bonchev–Trinajstić information content (AvgIpc) is 2.71. The van der Waals surface area contributed by atoms with Crippen molar-refractivity contribution in [3.05, 3.63) is 34.9 Å². The molecule has 1 atom stereocenters. The van der Waals surface area contributed by atoms with Crippen LogP contribution in [0.5, 0.6) is 23.0 Å². The summed E-state index contributed by atoms with van der Waals surface area (Å²) < 4.78 is 16.7. The zero-order valence-corrected chi connectivity index (χ0v) is 17.7. The molecule has 2 N–H and O–H groups in total. The molecule has 1 aliphatic heterocycles. The number of ether oxygens (including phenoxy) is 3. The van der Waals surface area contributed by atoms with Crippen molar-refractivity contribution in [1.29, 1.82) is 0 Å². The Morgan fingerprint density at radius 2 is 1.64 bits per heavy atom. The molecule has 154 valence electrons. The third-order valence-electron chi connectivity index (χ3n) is 5.51. The Bertz CT molecular complexity index is 855. The van der Waals surface area contributed by atoms with Gasteiger partial charge in [-0.25, -0.2) is 0 Å². The Balaban J connectivity index is 0.000000906. The van der Waals surface area contributed by atoms with Gasteiger partial charge in [0.15, 0.2) is 23.0 Å². The van der Waals surface area contributed by atoms with E-state index in [-0.39, 0.29) is 24.2 Å². The van der Waals surface area contributed by atoms with Crippen molar-refractivity contribution in [2.75, 3.05) is 42.0 Å². The number of halogens is 1. The van der Waals surface area contributed by atoms with Crippen molar-refractivity contribution >= 4 is 12.4 Å². The molecule has 4 rings (SSSR count). The highest BCUT2D eigenvalue weighted by molar-refractivity contribution is 5.88. The van der Waals surface area contributed by atoms with Crippen LogP contribution in [0.2, 0.25) is 0 Å². The van der Waals surface area contributed by atoms with E-state index in [4.69, 9.17) is 19.3 Å². The molecule has 1 heterocycles. The molecule has 0 amide bonds. The molecule has 0 unspecified atom stereocenters. The molecule has 0 spiro atoms. The molecule has 0 saturated heterocycles. The van der Waals surface area contributed by atoms with E-state index in [1.165, 1.54) is 11.1 Å². The number of hydrogen-bond acceptors (Lipinski definition) is 6. The van der Waals surface area contributed by atoms with Gasteiger partial charge in [-0.05, 0) is 48.7 Å². The smallest absolute Gasteiger partial charge is 0.169 e. The number of aliphatic hydroxyl groups is 1. The Labute approximate surface area is 172 Å². The molecule has 1 aliphatic carbocycles. The maximum absolute atomic E-state index is 10.9. The average molecular weight is 410 g/mol. The van der Waals surface area contributed by atoms with Crippen LogP contribution in [0.3, 0.4) is 0 Å². The monoisotopic (exact) mass is 409 g/mol. The third-order valence-corrected chi connectivity index (χ3v) is 5.51. The van der Waals surface area contributed by atoms with Crippen LogP contribution in [0.4, 0.5) is 0 Å². The van der Waals surface area contributed by atoms with Crippen molar-refractivity contribution in [3.63, 3.8) is 0 Å². The van der Waals surface area contributed by atoms with Crippen molar-refractivity contribution in [2.45, 2.75) is 18.9 Å². The predicted octanol–water partition coefficient (Wildman–Crippen LogP) is 3.20. The first kappa shape index (κ1) is 22.1. The summed E-state index contributed by atoms with van der Waals surface area (Å²) in [4.78, 5) is 2.38. The minimum Gasteiger partial charge on any atom is -0.504 e. The van der Waals surface area contributed by atoms with Gasteiger partial charge >= 0.3 is 0 Å². The van der Waals surface area contributed by atoms with E-state index in [0.717, 1.165) is 43.2 Å². The van der Waals surface area contributed by atoms with Crippen LogP contribution < -0.4 is 14.2 Å². The van der Waals surface area contributed by atoms with Gasteiger partial charge in [-0.1, -0.05) is 6.07 Å². The second kappa shape index (κ2) is 8.90. The first-order chi connectivity index (χ1) is 13.1. The number of methoxy groups -OCH3 is 3. The Kier molecular flexibility index (Phi) is 7.04. The molecule has 0 saturated carbocycles. The van der Waals surface area contributed by atoms with Gasteiger partial charge in [0, 0.05) is 30.8 Å². The number of phenolic OH excluding ortho intramolecular Hbond substituents is 1. The minimum atomic E-state index is 0. The van der Waals surface area contributed by atoms with Crippen LogP contribution in [0.15, 0.2) is 18.2 Å². The van der Waals surface area contributed by atoms with Crippen LogP contribution in [-0.4, -0.2) is 57.1 Å². The minimum absolute atomic E-state index is 0. The fourth-order valence-corrected chi connectivity index (χ4v) is 4.26. The SMILES string of the molecule is CO.COc1ccc2c(c1O)-c1c(OC)c(OC)cc3c1[C@H](C2)N(C)CC3.Cl. The zero-order chi connectivity index (χ0) is 19.7. The van der Waals surface area contributed by atoms with Gasteiger partial charge in [0.2, 0.25) is 0 Å². The lowest BCUT2D eigenvalue weighted by molar-refractivity contribution is 0.226. The number of likely N-dealkylation sites (N-methyl/N-ethyl adjacent to an activating group) is 1. The summed E-state index contributed by atoms with van der Waals surface area (Å²) in [6.45, 7) is 1.00. The Morgan fingerprint density at radius 3 is 2.25 bits per heavy atom. The van der Waals surface area contributed by atoms with E-state index in [0.29, 0.717) is 17.2 Å². The summed E-state index contributed by atoms with van der Waals surface area (Å²) in [6, 6.07) is 6.23. The highest BCUT2D eigenvalue weighted by Gasteiger charge is 2.38. The number of nitrogens with zero attached hydrogens (tertiary/aromatic N) is 1. The number of benzene rings is 2. The van der Waals surface area contributed by atoms with Crippen molar-refractivity contribution < 1.29 is 24.4 Å². The number of phenols is 1. The topological polar surface area (TPSA) is 71.4 Å². The maximum atomic E-state index is 10.9. The highest BCUT2D eigenvalue weighted by Crippen LogP contribution is 2.55. The summed E-state index contributed by atoms with van der Waals surface area (Å²) in [7, 11) is 8.02. The van der Waals surface area contributed by atoms with E-state index in [9.17, 15) is 5.11 Å². The molecule has 7 heteroatoms. The molecule has 6 nitrogen and oxygen atoms in total. The highest BCUT2D eigenvalue weighted by atomic mass is 35.5. The summed E-state index contributed by atoms with van der Waals surface area (Å²) in [5.41, 5.74) is 5.34. The van der Waals surface area contributed by atoms with Crippen LogP contribution in [0.25, 0.3) is 11.1 Å². The molecular weight excluding hydrogens is 382 g/mol. The van der Waals surface area contributed by atoms with Gasteiger partial charge in [-0.3, -0.25) is 4.90 Å². The fourth-order valence-electron chi connectivity index (χ4n) is 4.26. The lowest BCUT2D eigenvalue weighted by Crippen LogP contribution is -2.35. The van der Waals surface area contributed by atoms with Crippen molar-refractivity contribution in [3.8, 4) is 34.1 Å². The predicted molar refractivity (Wildman–Crippen MR) is 111 cm³/mol. The zero-order valence-electron chi connectivity index (χ0n) is 16.9. The quantitative estimate of drug-likeness (QED) is 0.811. The first-order valence-corrected chi connectivity index (χ1v) is 8.92. The van der Waals surface area contributed by atoms with Gasteiger partial charge in [-0.15, -0.1) is 12.4 Å². The van der Waals surface area contributed by atoms with Crippen molar-refractivity contribution in [2.24, 2.45) is 0 Å². The van der Waals surface area contributed by atoms with Gasteiger partial charge in [0.05, 0.1) is 21.3 Å². The second-order valence-electron chi connectivity index (χ2n) is 6.66. The lowest BCUT2D eigenvalue weighted by atomic mass is 9.76. The number of aromatic hydroxyl groups is 1. The summed E-state index contributed by atoms with van der Waals surface area (Å²) in [5.74, 6) is 2.01. The Morgan fingerprint density at radius 1 is 0.964 bits per heavy atom. The van der Waals surface area contributed by atoms with Crippen LogP contribution in [0, 0.1) is 0 Å². The van der Waals surface area contributed by atoms with E-state index < -0.39 is 0 Å². The number of fused-ring (bicyclic) bond motifs is 2. The second-order valence-corrected chi connectivity index (χ2v) is 6.66. The lowest BCUT2D eigenvalue weighted by Gasteiger charge is -2.40. The first-order valence-electron chi connectivity index (χ1n) is 8.92. The van der Waals surface area contributed by atoms with Gasteiger partial charge in [0.25, 0.3) is 0 Å². The molecular formula is C21H28ClNO5. The van der Waals surface area contributed by atoms with Crippen LogP contribution in [0.1, 0.15) is 22.7 Å². The van der Waals surface area contributed by atoms with Gasteiger partial charge in [-0.2, -0.15) is 0 Å². The largest absolute Gasteiger partial charge is 0.504 e. The van der Waals surface area contributed by atoms with Crippen LogP contribution >= 0.6 is 12.4 Å². The molecule has 2 aromatic rings. The molecule has 0 radical (unpaired) electrons. The van der Waals surface area contributed by atoms with Gasteiger partial charge < -0.3 is 24.4 Å². The molecule has 0 bridgehead atoms. The third kappa shape index (κ3) is 3.26. The van der Waals surface area contributed by atoms with E-state index >= 15 is 0 Å². The van der Waals surface area contributed by atoms with E-state index in [1.807, 2.05) is 12.1 Å². The molecule has 2 aromatic carbocycles. The standard InChI is InChI=1S/C20H23NO4.CH4O.ClH/c1-21-8-7-12-10-15(24-3)20(25-4)18-16(12)13(21)9-11-5-6-14(23-2)19(22)17(11)18;1-2;/h5-6,10,13,22H,7-9H2,1-4H3;2H,1H3;1H/t13-;;/m0../s1. The van der Waals surface area contributed by atoms with Gasteiger partial charge in [0.1, 0.15) is 0 Å². The molecule has 28 heavy (non-hydrogen) atoms. The molecule has 2 aliphatic rings. The van der Waals surface area contributed by atoms with Crippen LogP contribution in [-0.2, 0) is 12.8 Å². The summed E-state index contributed by atoms with van der Waals surface area (Å²) >= 11 is 0. The van der Waals surface area contributed by atoms with E-state index in [1.54, 1.807) is 21.3 Å². The van der Waals surface area contributed by atoms with Crippen molar-refractivity contribution in [1.82, 2.24) is 4.90 Å². The fraction of sp³-hybridized carbons (Fsp3) is 0.429. The Hall–Kier alpha value is -2.15. The van der Waals surface area contributed by atoms with E-state index in [2.05, 4.69) is 18.0 Å². The maximum Gasteiger partial charge on any atom is 0.169 e. The molecule has 0 aromatic heterocycles. The number of hydrogen-bond donors (Lipinski definition) is 2. The summed E-state index contributed by atoms with van der Waals surface area (Å²) in [5, 5.41) is 17.9. The number of aliphatic hydroxyl groups excluding tert-OH is 1. The normalized spacial score (nSPS) is 16.6.